The summed E-state index contributed by atoms with van der Waals surface area (Å²) in [5, 5.41) is 10.5. The summed E-state index contributed by atoms with van der Waals surface area (Å²) in [5.74, 6) is 0.903. The Morgan fingerprint density at radius 3 is 2.31 bits per heavy atom. The second-order valence-electron chi connectivity index (χ2n) is 4.50. The van der Waals surface area contributed by atoms with E-state index in [0.717, 1.165) is 6.42 Å². The van der Waals surface area contributed by atoms with Crippen LogP contribution in [0.1, 0.15) is 46.5 Å². The lowest BCUT2D eigenvalue weighted by Crippen LogP contribution is -2.45. The predicted molar refractivity (Wildman–Crippen MR) is 56.6 cm³/mol. The zero-order chi connectivity index (χ0) is 9.90. The maximum Gasteiger partial charge on any atom is 0.0732 e. The van der Waals surface area contributed by atoms with Crippen molar-refractivity contribution in [1.82, 2.24) is 0 Å². The molecule has 2 atom stereocenters. The predicted octanol–water partition coefficient (Wildman–Crippen LogP) is 3.14. The third-order valence-corrected chi connectivity index (χ3v) is 3.66. The number of allylic oxidation sites excluding steroid dienone is 1. The minimum absolute atomic E-state index is 0.440. The first-order chi connectivity index (χ1) is 6.11. The number of aliphatic hydroxyl groups is 1. The van der Waals surface area contributed by atoms with Gasteiger partial charge in [0.2, 0.25) is 0 Å². The lowest BCUT2D eigenvalue weighted by Gasteiger charge is -2.43. The van der Waals surface area contributed by atoms with Gasteiger partial charge in [0.05, 0.1) is 5.60 Å². The summed E-state index contributed by atoms with van der Waals surface area (Å²) in [4.78, 5) is 0. The van der Waals surface area contributed by atoms with Crippen LogP contribution in [0.5, 0.6) is 0 Å². The van der Waals surface area contributed by atoms with Crippen molar-refractivity contribution in [2.75, 3.05) is 0 Å². The van der Waals surface area contributed by atoms with Crippen molar-refractivity contribution in [2.45, 2.75) is 52.1 Å². The van der Waals surface area contributed by atoms with E-state index in [2.05, 4.69) is 19.9 Å². The lowest BCUT2D eigenvalue weighted by molar-refractivity contribution is -0.0796. The van der Waals surface area contributed by atoms with Gasteiger partial charge in [0.1, 0.15) is 0 Å². The third-order valence-electron chi connectivity index (χ3n) is 3.66. The van der Waals surface area contributed by atoms with E-state index in [9.17, 15) is 5.11 Å². The Hall–Kier alpha value is -0.300. The van der Waals surface area contributed by atoms with Crippen LogP contribution < -0.4 is 0 Å². The van der Waals surface area contributed by atoms with Crippen molar-refractivity contribution in [1.29, 1.82) is 0 Å². The molecule has 1 saturated carbocycles. The largest absolute Gasteiger partial charge is 0.389 e. The average Bonchev–Trinajstić information content (AvgIpc) is 2.11. The fraction of sp³-hybridized carbons (Fsp3) is 0.833. The summed E-state index contributed by atoms with van der Waals surface area (Å²) in [6, 6.07) is 0. The molecule has 1 rings (SSSR count). The molecule has 0 radical (unpaired) electrons. The highest BCUT2D eigenvalue weighted by molar-refractivity contribution is 4.98. The maximum atomic E-state index is 10.5. The van der Waals surface area contributed by atoms with Crippen LogP contribution in [0.3, 0.4) is 0 Å². The molecule has 0 spiro atoms. The van der Waals surface area contributed by atoms with Gasteiger partial charge in [-0.1, -0.05) is 32.4 Å². The molecule has 0 aromatic carbocycles. The summed E-state index contributed by atoms with van der Waals surface area (Å²) >= 11 is 0. The van der Waals surface area contributed by atoms with Crippen LogP contribution in [-0.2, 0) is 0 Å². The van der Waals surface area contributed by atoms with Crippen LogP contribution in [0.2, 0.25) is 0 Å². The summed E-state index contributed by atoms with van der Waals surface area (Å²) in [6.45, 7) is 6.37. The smallest absolute Gasteiger partial charge is 0.0732 e. The summed E-state index contributed by atoms with van der Waals surface area (Å²) < 4.78 is 0. The van der Waals surface area contributed by atoms with Crippen LogP contribution in [-0.4, -0.2) is 10.7 Å². The minimum atomic E-state index is -0.440. The van der Waals surface area contributed by atoms with E-state index in [4.69, 9.17) is 0 Å². The fourth-order valence-electron chi connectivity index (χ4n) is 2.42. The molecule has 1 aliphatic carbocycles. The first-order valence-electron chi connectivity index (χ1n) is 5.44. The molecule has 0 heterocycles. The lowest BCUT2D eigenvalue weighted by atomic mass is 9.68. The molecule has 1 aliphatic rings. The normalized spacial score (nSPS) is 41.2. The molecule has 76 valence electrons. The van der Waals surface area contributed by atoms with Gasteiger partial charge in [0.15, 0.2) is 0 Å². The Labute approximate surface area is 81.9 Å². The van der Waals surface area contributed by atoms with Crippen LogP contribution in [0.15, 0.2) is 12.2 Å². The first-order valence-corrected chi connectivity index (χ1v) is 5.44. The van der Waals surface area contributed by atoms with Gasteiger partial charge < -0.3 is 5.11 Å². The van der Waals surface area contributed by atoms with Gasteiger partial charge in [-0.2, -0.15) is 0 Å². The Bertz CT molecular complexity index is 174. The van der Waals surface area contributed by atoms with E-state index in [1.165, 1.54) is 19.3 Å². The van der Waals surface area contributed by atoms with Crippen molar-refractivity contribution in [3.8, 4) is 0 Å². The number of hydrogen-bond donors (Lipinski definition) is 1. The zero-order valence-corrected chi connectivity index (χ0v) is 9.09. The number of hydrogen-bond acceptors (Lipinski definition) is 1. The van der Waals surface area contributed by atoms with Gasteiger partial charge in [-0.05, 0) is 38.0 Å². The molecular formula is C12H22O. The van der Waals surface area contributed by atoms with Gasteiger partial charge in [-0.25, -0.2) is 0 Å². The first kappa shape index (κ1) is 10.8. The Morgan fingerprint density at radius 2 is 1.85 bits per heavy atom. The van der Waals surface area contributed by atoms with E-state index in [-0.39, 0.29) is 0 Å². The van der Waals surface area contributed by atoms with Crippen molar-refractivity contribution >= 4 is 0 Å². The highest BCUT2D eigenvalue weighted by atomic mass is 16.3. The standard InChI is InChI=1S/C12H22O/c1-4-5-9-12(13)10(2)7-6-8-11(12)3/h4-5,10-11,13H,6-9H2,1-3H3. The second-order valence-corrected chi connectivity index (χ2v) is 4.50. The molecule has 0 aliphatic heterocycles. The van der Waals surface area contributed by atoms with Crippen molar-refractivity contribution in [2.24, 2.45) is 11.8 Å². The Morgan fingerprint density at radius 1 is 1.31 bits per heavy atom. The second kappa shape index (κ2) is 4.28. The monoisotopic (exact) mass is 182 g/mol. The van der Waals surface area contributed by atoms with Crippen molar-refractivity contribution in [3.63, 3.8) is 0 Å². The van der Waals surface area contributed by atoms with Crippen LogP contribution in [0.4, 0.5) is 0 Å². The van der Waals surface area contributed by atoms with Gasteiger partial charge in [-0.15, -0.1) is 0 Å². The highest BCUT2D eigenvalue weighted by Gasteiger charge is 2.40. The molecule has 1 fully saturated rings. The van der Waals surface area contributed by atoms with Gasteiger partial charge in [-0.3, -0.25) is 0 Å². The molecule has 1 nitrogen and oxygen atoms in total. The van der Waals surface area contributed by atoms with E-state index < -0.39 is 5.60 Å². The Balaban J connectivity index is 2.68. The van der Waals surface area contributed by atoms with E-state index >= 15 is 0 Å². The van der Waals surface area contributed by atoms with Crippen LogP contribution >= 0.6 is 0 Å². The van der Waals surface area contributed by atoms with Crippen LogP contribution in [0, 0.1) is 11.8 Å². The van der Waals surface area contributed by atoms with E-state index in [1.54, 1.807) is 0 Å². The summed E-state index contributed by atoms with van der Waals surface area (Å²) in [6.07, 6.45) is 8.59. The van der Waals surface area contributed by atoms with Crippen LogP contribution in [0.25, 0.3) is 0 Å². The summed E-state index contributed by atoms with van der Waals surface area (Å²) in [7, 11) is 0. The van der Waals surface area contributed by atoms with Crippen molar-refractivity contribution in [3.05, 3.63) is 12.2 Å². The van der Waals surface area contributed by atoms with Gasteiger partial charge >= 0.3 is 0 Å². The maximum absolute atomic E-state index is 10.5. The molecule has 1 N–H and O–H groups in total. The molecule has 2 unspecified atom stereocenters. The molecule has 0 amide bonds. The molecule has 1 heteroatoms. The quantitative estimate of drug-likeness (QED) is 0.650. The molecule has 0 aromatic rings. The average molecular weight is 182 g/mol. The molecule has 13 heavy (non-hydrogen) atoms. The van der Waals surface area contributed by atoms with Crippen molar-refractivity contribution < 1.29 is 5.11 Å². The molecular weight excluding hydrogens is 160 g/mol. The highest BCUT2D eigenvalue weighted by Crippen LogP contribution is 2.40. The topological polar surface area (TPSA) is 20.2 Å². The zero-order valence-electron chi connectivity index (χ0n) is 9.09. The van der Waals surface area contributed by atoms with Gasteiger partial charge in [0.25, 0.3) is 0 Å². The Kier molecular flexibility index (Phi) is 3.55. The summed E-state index contributed by atoms with van der Waals surface area (Å²) in [5.41, 5.74) is -0.440. The van der Waals surface area contributed by atoms with E-state index in [1.807, 2.05) is 13.0 Å². The minimum Gasteiger partial charge on any atom is -0.389 e. The van der Waals surface area contributed by atoms with Gasteiger partial charge in [0, 0.05) is 0 Å². The SMILES string of the molecule is CC=CCC1(O)C(C)CCCC1C. The third kappa shape index (κ3) is 2.14. The molecule has 0 bridgehead atoms. The van der Waals surface area contributed by atoms with E-state index in [0.29, 0.717) is 11.8 Å². The molecule has 0 saturated heterocycles. The fourth-order valence-corrected chi connectivity index (χ4v) is 2.42. The molecule has 0 aromatic heterocycles. The number of rotatable bonds is 2.